The first-order valence-corrected chi connectivity index (χ1v) is 10.6. The summed E-state index contributed by atoms with van der Waals surface area (Å²) in [6.45, 7) is 0. The third kappa shape index (κ3) is 2.76. The molecule has 1 aliphatic rings. The number of rotatable bonds is 4. The predicted molar refractivity (Wildman–Crippen MR) is 118 cm³/mol. The molecule has 142 valence electrons. The summed E-state index contributed by atoms with van der Waals surface area (Å²) < 4.78 is 5.92. The van der Waals surface area contributed by atoms with Crippen LogP contribution in [-0.4, -0.2) is 0 Å². The van der Waals surface area contributed by atoms with Crippen molar-refractivity contribution in [2.24, 2.45) is 0 Å². The van der Waals surface area contributed by atoms with Crippen molar-refractivity contribution in [3.05, 3.63) is 144 Å². The van der Waals surface area contributed by atoms with Crippen LogP contribution in [-0.2, 0) is 20.3 Å². The summed E-state index contributed by atoms with van der Waals surface area (Å²) in [5.41, 5.74) is 3.69. The molecule has 0 spiro atoms. The maximum Gasteiger partial charge on any atom is 0.173 e. The lowest BCUT2D eigenvalue weighted by Gasteiger charge is -2.43. The van der Waals surface area contributed by atoms with Gasteiger partial charge < -0.3 is 0 Å². The second kappa shape index (κ2) is 7.57. The molecule has 5 rings (SSSR count). The van der Waals surface area contributed by atoms with Crippen LogP contribution >= 0.6 is 8.81 Å². The van der Waals surface area contributed by atoms with E-state index >= 15 is 0 Å². The van der Waals surface area contributed by atoms with Gasteiger partial charge in [-0.1, -0.05) is 121 Å². The fourth-order valence-corrected chi connectivity index (χ4v) is 5.72. The molecule has 0 radical (unpaired) electrons. The van der Waals surface area contributed by atoms with Crippen LogP contribution in [0.5, 0.6) is 0 Å². The van der Waals surface area contributed by atoms with Gasteiger partial charge in [0, 0.05) is 0 Å². The third-order valence-corrected chi connectivity index (χ3v) is 7.07. The number of benzene rings is 4. The van der Waals surface area contributed by atoms with Gasteiger partial charge in [-0.2, -0.15) is 0 Å². The summed E-state index contributed by atoms with van der Waals surface area (Å²) in [5, 5.41) is -0.516. The molecule has 0 bridgehead atoms. The lowest BCUT2D eigenvalue weighted by Crippen LogP contribution is -2.46. The molecule has 0 aromatic heterocycles. The Kier molecular flexibility index (Phi) is 4.77. The molecular weight excluding hydrogens is 375 g/mol. The summed E-state index contributed by atoms with van der Waals surface area (Å²) in [6.07, 6.45) is 0. The molecule has 0 saturated carbocycles. The van der Waals surface area contributed by atoms with E-state index in [-0.39, 0.29) is 8.81 Å². The van der Waals surface area contributed by atoms with Crippen molar-refractivity contribution in [3.8, 4) is 0 Å². The summed E-state index contributed by atoms with van der Waals surface area (Å²) in [7, 11) is 0.105. The largest absolute Gasteiger partial charge is 0.216 e. The fraction of sp³-hybridized carbons (Fsp3) is 0.0769. The SMILES string of the molecule is c1ccc(C2(c3ccccc3)OOPC2(c2ccccc2)c2ccccc2)cc1. The Morgan fingerprint density at radius 2 is 0.793 bits per heavy atom. The Hall–Kier alpha value is -2.77. The number of hydrogen-bond acceptors (Lipinski definition) is 2. The molecule has 1 unspecified atom stereocenters. The lowest BCUT2D eigenvalue weighted by molar-refractivity contribution is -0.258. The predicted octanol–water partition coefficient (Wildman–Crippen LogP) is 6.43. The van der Waals surface area contributed by atoms with Crippen LogP contribution in [0.25, 0.3) is 0 Å². The first-order chi connectivity index (χ1) is 14.4. The molecule has 4 aromatic carbocycles. The van der Waals surface area contributed by atoms with Crippen molar-refractivity contribution in [2.75, 3.05) is 0 Å². The van der Waals surface area contributed by atoms with E-state index in [2.05, 4.69) is 109 Å². The van der Waals surface area contributed by atoms with Gasteiger partial charge in [0.05, 0.1) is 8.81 Å². The second-order valence-corrected chi connectivity index (χ2v) is 8.28. The van der Waals surface area contributed by atoms with E-state index in [0.717, 1.165) is 11.1 Å². The molecule has 3 heteroatoms. The lowest BCUT2D eigenvalue weighted by atomic mass is 9.69. The zero-order valence-corrected chi connectivity index (χ0v) is 16.9. The van der Waals surface area contributed by atoms with Gasteiger partial charge in [0.15, 0.2) is 5.60 Å². The summed E-state index contributed by atoms with van der Waals surface area (Å²) in [4.78, 5) is 6.35. The van der Waals surface area contributed by atoms with Crippen molar-refractivity contribution in [1.29, 1.82) is 0 Å². The smallest absolute Gasteiger partial charge is 0.173 e. The molecule has 0 amide bonds. The highest BCUT2D eigenvalue weighted by Gasteiger charge is 2.62. The Morgan fingerprint density at radius 3 is 1.17 bits per heavy atom. The minimum atomic E-state index is -0.809. The topological polar surface area (TPSA) is 18.5 Å². The zero-order chi connectivity index (χ0) is 19.6. The van der Waals surface area contributed by atoms with Gasteiger partial charge in [-0.15, -0.1) is 0 Å². The van der Waals surface area contributed by atoms with E-state index in [1.54, 1.807) is 0 Å². The van der Waals surface area contributed by atoms with Gasteiger partial charge >= 0.3 is 0 Å². The van der Waals surface area contributed by atoms with E-state index in [1.807, 2.05) is 12.1 Å². The first kappa shape index (κ1) is 18.3. The molecule has 29 heavy (non-hydrogen) atoms. The summed E-state index contributed by atoms with van der Waals surface area (Å²) >= 11 is 0. The van der Waals surface area contributed by atoms with Gasteiger partial charge in [-0.3, -0.25) is 0 Å². The van der Waals surface area contributed by atoms with Crippen molar-refractivity contribution in [1.82, 2.24) is 0 Å². The molecule has 1 heterocycles. The highest BCUT2D eigenvalue weighted by molar-refractivity contribution is 7.34. The average molecular weight is 396 g/mol. The van der Waals surface area contributed by atoms with Crippen LogP contribution < -0.4 is 0 Å². The molecule has 1 fully saturated rings. The molecule has 1 aliphatic heterocycles. The van der Waals surface area contributed by atoms with Crippen LogP contribution in [0.2, 0.25) is 0 Å². The zero-order valence-electron chi connectivity index (χ0n) is 15.9. The monoisotopic (exact) mass is 396 g/mol. The normalized spacial score (nSPS) is 17.9. The molecular formula is C26H21O2P. The van der Waals surface area contributed by atoms with Crippen LogP contribution in [0.3, 0.4) is 0 Å². The maximum atomic E-state index is 6.35. The highest BCUT2D eigenvalue weighted by Crippen LogP contribution is 2.67. The van der Waals surface area contributed by atoms with E-state index in [9.17, 15) is 0 Å². The Labute approximate surface area is 172 Å². The van der Waals surface area contributed by atoms with Gasteiger partial charge in [0.1, 0.15) is 5.16 Å². The van der Waals surface area contributed by atoms with Gasteiger partial charge in [-0.25, -0.2) is 9.56 Å². The van der Waals surface area contributed by atoms with Crippen molar-refractivity contribution < 1.29 is 9.56 Å². The highest BCUT2D eigenvalue weighted by atomic mass is 31.1. The molecule has 0 N–H and O–H groups in total. The van der Waals surface area contributed by atoms with E-state index in [4.69, 9.17) is 9.56 Å². The minimum absolute atomic E-state index is 0.105. The average Bonchev–Trinajstić information content (AvgIpc) is 3.24. The molecule has 1 atom stereocenters. The summed E-state index contributed by atoms with van der Waals surface area (Å²) in [5.74, 6) is 0. The van der Waals surface area contributed by atoms with Crippen LogP contribution in [0.15, 0.2) is 121 Å². The van der Waals surface area contributed by atoms with Crippen molar-refractivity contribution in [3.63, 3.8) is 0 Å². The molecule has 1 saturated heterocycles. The van der Waals surface area contributed by atoms with Crippen molar-refractivity contribution >= 4 is 8.81 Å². The Morgan fingerprint density at radius 1 is 0.448 bits per heavy atom. The van der Waals surface area contributed by atoms with Gasteiger partial charge in [-0.05, 0) is 22.3 Å². The van der Waals surface area contributed by atoms with Crippen LogP contribution in [0.1, 0.15) is 22.3 Å². The Bertz CT molecular complexity index is 899. The standard InChI is InChI=1S/C26H21O2P/c1-5-13-21(14-6-1)25(22-15-7-2-8-16-22)26(29-28-27-25,23-17-9-3-10-18-23)24-19-11-4-12-20-24/h1-20,29H. The van der Waals surface area contributed by atoms with E-state index in [0.29, 0.717) is 0 Å². The number of hydrogen-bond donors (Lipinski definition) is 0. The quantitative estimate of drug-likeness (QED) is 0.292. The van der Waals surface area contributed by atoms with Gasteiger partial charge in [0.2, 0.25) is 0 Å². The first-order valence-electron chi connectivity index (χ1n) is 9.72. The van der Waals surface area contributed by atoms with E-state index < -0.39 is 10.8 Å². The maximum absolute atomic E-state index is 6.35. The Balaban J connectivity index is 1.90. The van der Waals surface area contributed by atoms with Crippen LogP contribution in [0, 0.1) is 0 Å². The second-order valence-electron chi connectivity index (χ2n) is 7.16. The minimum Gasteiger partial charge on any atom is -0.216 e. The molecule has 0 aliphatic carbocycles. The van der Waals surface area contributed by atoms with Crippen molar-refractivity contribution in [2.45, 2.75) is 10.8 Å². The van der Waals surface area contributed by atoms with Crippen LogP contribution in [0.4, 0.5) is 0 Å². The fourth-order valence-electron chi connectivity index (χ4n) is 4.39. The summed E-state index contributed by atoms with van der Waals surface area (Å²) in [6, 6.07) is 42.0. The molecule has 2 nitrogen and oxygen atoms in total. The van der Waals surface area contributed by atoms with E-state index in [1.165, 1.54) is 11.1 Å². The molecule has 4 aromatic rings. The van der Waals surface area contributed by atoms with Gasteiger partial charge in [0.25, 0.3) is 0 Å². The third-order valence-electron chi connectivity index (χ3n) is 5.66.